The van der Waals surface area contributed by atoms with E-state index in [2.05, 4.69) is 19.2 Å². The SMILES string of the molecule is C[C@H]1[C@H](C)CCC[C@H]1NC(=O)c1ccc(CSCc2cccc(F)c2)o1. The highest BCUT2D eigenvalue weighted by Crippen LogP contribution is 2.29. The number of hydrogen-bond donors (Lipinski definition) is 1. The van der Waals surface area contributed by atoms with Crippen molar-refractivity contribution in [3.8, 4) is 0 Å². The Labute approximate surface area is 158 Å². The van der Waals surface area contributed by atoms with Gasteiger partial charge in [-0.25, -0.2) is 4.39 Å². The summed E-state index contributed by atoms with van der Waals surface area (Å²) in [5, 5.41) is 3.14. The van der Waals surface area contributed by atoms with E-state index >= 15 is 0 Å². The third kappa shape index (κ3) is 4.91. The maximum absolute atomic E-state index is 13.2. The normalized spacial score (nSPS) is 23.0. The standard InChI is InChI=1S/C21H26FNO2S/c1-14-5-3-8-19(15(14)2)23-21(24)20-10-9-18(25-20)13-26-12-16-6-4-7-17(22)11-16/h4,6-7,9-11,14-15,19H,3,5,8,12-13H2,1-2H3,(H,23,24)/t14-,15+,19-/m1/s1. The zero-order chi connectivity index (χ0) is 18.5. The lowest BCUT2D eigenvalue weighted by Crippen LogP contribution is -2.43. The van der Waals surface area contributed by atoms with Crippen LogP contribution in [0.2, 0.25) is 0 Å². The van der Waals surface area contributed by atoms with E-state index in [-0.39, 0.29) is 17.8 Å². The van der Waals surface area contributed by atoms with Crippen LogP contribution in [0.1, 0.15) is 55.0 Å². The Kier molecular flexibility index (Phi) is 6.41. The first-order valence-electron chi connectivity index (χ1n) is 9.24. The zero-order valence-electron chi connectivity index (χ0n) is 15.3. The average Bonchev–Trinajstić information content (AvgIpc) is 3.08. The van der Waals surface area contributed by atoms with Gasteiger partial charge in [0.05, 0.1) is 5.75 Å². The van der Waals surface area contributed by atoms with Crippen molar-refractivity contribution < 1.29 is 13.6 Å². The number of benzene rings is 1. The number of halogens is 1. The first kappa shape index (κ1) is 19.0. The summed E-state index contributed by atoms with van der Waals surface area (Å²) < 4.78 is 18.9. The maximum Gasteiger partial charge on any atom is 0.287 e. The molecule has 1 heterocycles. The van der Waals surface area contributed by atoms with E-state index < -0.39 is 0 Å². The van der Waals surface area contributed by atoms with Gasteiger partial charge in [-0.15, -0.1) is 11.8 Å². The lowest BCUT2D eigenvalue weighted by Gasteiger charge is -2.34. The van der Waals surface area contributed by atoms with Gasteiger partial charge in [-0.05, 0) is 48.1 Å². The summed E-state index contributed by atoms with van der Waals surface area (Å²) in [6, 6.07) is 10.4. The van der Waals surface area contributed by atoms with Crippen molar-refractivity contribution in [2.75, 3.05) is 0 Å². The van der Waals surface area contributed by atoms with E-state index in [4.69, 9.17) is 4.42 Å². The second kappa shape index (κ2) is 8.76. The smallest absolute Gasteiger partial charge is 0.287 e. The van der Waals surface area contributed by atoms with Gasteiger partial charge in [0, 0.05) is 11.8 Å². The van der Waals surface area contributed by atoms with Gasteiger partial charge in [-0.3, -0.25) is 4.79 Å². The number of furan rings is 1. The summed E-state index contributed by atoms with van der Waals surface area (Å²) in [7, 11) is 0. The Bertz CT molecular complexity index is 745. The largest absolute Gasteiger partial charge is 0.455 e. The van der Waals surface area contributed by atoms with Crippen molar-refractivity contribution in [1.82, 2.24) is 5.32 Å². The molecule has 1 saturated carbocycles. The van der Waals surface area contributed by atoms with Crippen LogP contribution in [0.3, 0.4) is 0 Å². The molecule has 1 aromatic heterocycles. The molecule has 0 bridgehead atoms. The molecule has 3 nitrogen and oxygen atoms in total. The van der Waals surface area contributed by atoms with Crippen molar-refractivity contribution in [3.05, 3.63) is 59.3 Å². The molecule has 3 rings (SSSR count). The molecule has 1 N–H and O–H groups in total. The van der Waals surface area contributed by atoms with E-state index in [1.165, 1.54) is 12.5 Å². The second-order valence-electron chi connectivity index (χ2n) is 7.24. The van der Waals surface area contributed by atoms with Gasteiger partial charge in [-0.2, -0.15) is 0 Å². The van der Waals surface area contributed by atoms with Crippen LogP contribution >= 0.6 is 11.8 Å². The van der Waals surface area contributed by atoms with Gasteiger partial charge >= 0.3 is 0 Å². The van der Waals surface area contributed by atoms with Crippen molar-refractivity contribution in [2.24, 2.45) is 11.8 Å². The molecule has 140 valence electrons. The molecule has 1 aliphatic rings. The van der Waals surface area contributed by atoms with Crippen LogP contribution in [-0.4, -0.2) is 11.9 Å². The minimum Gasteiger partial charge on any atom is -0.455 e. The number of carbonyl (C=O) groups excluding carboxylic acids is 1. The monoisotopic (exact) mass is 375 g/mol. The molecular formula is C21H26FNO2S. The fraction of sp³-hybridized carbons (Fsp3) is 0.476. The summed E-state index contributed by atoms with van der Waals surface area (Å²) in [5.74, 6) is 3.28. The maximum atomic E-state index is 13.2. The fourth-order valence-electron chi connectivity index (χ4n) is 3.50. The van der Waals surface area contributed by atoms with Gasteiger partial charge < -0.3 is 9.73 Å². The first-order chi connectivity index (χ1) is 12.5. The summed E-state index contributed by atoms with van der Waals surface area (Å²) in [6.45, 7) is 4.47. The average molecular weight is 376 g/mol. The van der Waals surface area contributed by atoms with E-state index in [0.29, 0.717) is 29.1 Å². The summed E-state index contributed by atoms with van der Waals surface area (Å²) >= 11 is 1.64. The highest BCUT2D eigenvalue weighted by atomic mass is 32.2. The lowest BCUT2D eigenvalue weighted by molar-refractivity contribution is 0.0861. The Hall–Kier alpha value is -1.75. The highest BCUT2D eigenvalue weighted by Gasteiger charge is 2.29. The number of hydrogen-bond acceptors (Lipinski definition) is 3. The zero-order valence-corrected chi connectivity index (χ0v) is 16.2. The molecule has 0 spiro atoms. The van der Waals surface area contributed by atoms with E-state index in [1.807, 2.05) is 12.1 Å². The van der Waals surface area contributed by atoms with E-state index in [1.54, 1.807) is 30.0 Å². The Balaban J connectivity index is 1.50. The summed E-state index contributed by atoms with van der Waals surface area (Å²) in [6.07, 6.45) is 3.44. The molecule has 1 fully saturated rings. The first-order valence-corrected chi connectivity index (χ1v) is 10.4. The predicted octanol–water partition coefficient (Wildman–Crippen LogP) is 5.41. The fourth-order valence-corrected chi connectivity index (χ4v) is 4.37. The lowest BCUT2D eigenvalue weighted by atomic mass is 9.78. The van der Waals surface area contributed by atoms with Gasteiger partial charge in [-0.1, -0.05) is 38.8 Å². The quantitative estimate of drug-likeness (QED) is 0.734. The molecule has 0 unspecified atom stereocenters. The van der Waals surface area contributed by atoms with Crippen molar-refractivity contribution in [3.63, 3.8) is 0 Å². The van der Waals surface area contributed by atoms with Crippen LogP contribution in [0.5, 0.6) is 0 Å². The minimum atomic E-state index is -0.216. The molecule has 26 heavy (non-hydrogen) atoms. The summed E-state index contributed by atoms with van der Waals surface area (Å²) in [5.41, 5.74) is 0.944. The van der Waals surface area contributed by atoms with Crippen molar-refractivity contribution in [2.45, 2.75) is 50.7 Å². The topological polar surface area (TPSA) is 42.2 Å². The third-order valence-corrected chi connectivity index (χ3v) is 6.34. The van der Waals surface area contributed by atoms with Crippen LogP contribution in [0.25, 0.3) is 0 Å². The van der Waals surface area contributed by atoms with Crippen LogP contribution in [0.4, 0.5) is 4.39 Å². The number of rotatable bonds is 6. The molecule has 0 aliphatic heterocycles. The van der Waals surface area contributed by atoms with E-state index in [0.717, 1.165) is 24.2 Å². The molecule has 1 aromatic carbocycles. The van der Waals surface area contributed by atoms with Crippen molar-refractivity contribution in [1.29, 1.82) is 0 Å². The van der Waals surface area contributed by atoms with Gasteiger partial charge in [0.15, 0.2) is 5.76 Å². The second-order valence-corrected chi connectivity index (χ2v) is 8.22. The minimum absolute atomic E-state index is 0.127. The van der Waals surface area contributed by atoms with Crippen LogP contribution in [-0.2, 0) is 11.5 Å². The molecule has 0 radical (unpaired) electrons. The predicted molar refractivity (Wildman–Crippen MR) is 104 cm³/mol. The van der Waals surface area contributed by atoms with E-state index in [9.17, 15) is 9.18 Å². The third-order valence-electron chi connectivity index (χ3n) is 5.31. The van der Waals surface area contributed by atoms with Gasteiger partial charge in [0.25, 0.3) is 5.91 Å². The Morgan fingerprint density at radius 1 is 1.23 bits per heavy atom. The molecule has 1 aliphatic carbocycles. The molecule has 1 amide bonds. The molecule has 0 saturated heterocycles. The van der Waals surface area contributed by atoms with Crippen LogP contribution in [0, 0.1) is 17.7 Å². The number of nitrogens with one attached hydrogen (secondary N) is 1. The Morgan fingerprint density at radius 3 is 2.88 bits per heavy atom. The molecule has 3 atom stereocenters. The number of amides is 1. The highest BCUT2D eigenvalue weighted by molar-refractivity contribution is 7.97. The van der Waals surface area contributed by atoms with Crippen molar-refractivity contribution >= 4 is 17.7 Å². The van der Waals surface area contributed by atoms with Gasteiger partial charge in [0.1, 0.15) is 11.6 Å². The number of thioether (sulfide) groups is 1. The number of carbonyl (C=O) groups is 1. The van der Waals surface area contributed by atoms with Crippen LogP contribution in [0.15, 0.2) is 40.8 Å². The molecular weight excluding hydrogens is 349 g/mol. The van der Waals surface area contributed by atoms with Gasteiger partial charge in [0.2, 0.25) is 0 Å². The summed E-state index contributed by atoms with van der Waals surface area (Å²) in [4.78, 5) is 12.5. The molecule has 5 heteroatoms. The molecule has 2 aromatic rings. The van der Waals surface area contributed by atoms with Crippen LogP contribution < -0.4 is 5.32 Å². The Morgan fingerprint density at radius 2 is 2.08 bits per heavy atom.